The zero-order valence-electron chi connectivity index (χ0n) is 17.3. The first-order valence-corrected chi connectivity index (χ1v) is 10.2. The number of carbonyl (C=O) groups is 1. The van der Waals surface area contributed by atoms with Crippen LogP contribution in [0.1, 0.15) is 42.9 Å². The highest BCUT2D eigenvalue weighted by Crippen LogP contribution is 2.41. The van der Waals surface area contributed by atoms with Crippen molar-refractivity contribution < 1.29 is 14.3 Å². The maximum Gasteiger partial charge on any atom is 0.305 e. The van der Waals surface area contributed by atoms with Crippen LogP contribution >= 0.6 is 0 Å². The number of nitrogens with zero attached hydrogens (tertiary/aromatic N) is 2. The molecule has 29 heavy (non-hydrogen) atoms. The van der Waals surface area contributed by atoms with Crippen LogP contribution in [0.3, 0.4) is 0 Å². The van der Waals surface area contributed by atoms with Crippen LogP contribution in [-0.4, -0.2) is 36.6 Å². The van der Waals surface area contributed by atoms with Crippen LogP contribution in [0.2, 0.25) is 0 Å². The van der Waals surface area contributed by atoms with Crippen molar-refractivity contribution in [3.63, 3.8) is 0 Å². The number of allylic oxidation sites excluding steroid dienone is 2. The van der Waals surface area contributed by atoms with Gasteiger partial charge in [-0.2, -0.15) is 0 Å². The average molecular weight is 395 g/mol. The molecule has 5 nitrogen and oxygen atoms in total. The minimum Gasteiger partial charge on any atom is -0.497 e. The minimum atomic E-state index is -0.160. The predicted molar refractivity (Wildman–Crippen MR) is 113 cm³/mol. The van der Waals surface area contributed by atoms with E-state index in [0.29, 0.717) is 18.4 Å². The summed E-state index contributed by atoms with van der Waals surface area (Å²) >= 11 is 0. The highest BCUT2D eigenvalue weighted by Gasteiger charge is 2.34. The molecule has 0 N–H and O–H groups in total. The molecule has 5 heteroatoms. The van der Waals surface area contributed by atoms with Gasteiger partial charge in [0.15, 0.2) is 0 Å². The second-order valence-electron chi connectivity index (χ2n) is 7.42. The van der Waals surface area contributed by atoms with Crippen LogP contribution in [0.4, 0.5) is 0 Å². The number of likely N-dealkylation sites (tertiary alicyclic amines) is 1. The number of hydrogen-bond donors (Lipinski definition) is 0. The van der Waals surface area contributed by atoms with Gasteiger partial charge in [-0.3, -0.25) is 14.7 Å². The first kappa shape index (κ1) is 21.1. The largest absolute Gasteiger partial charge is 0.497 e. The highest BCUT2D eigenvalue weighted by atomic mass is 16.5. The molecule has 2 atom stereocenters. The van der Waals surface area contributed by atoms with Gasteiger partial charge in [-0.05, 0) is 61.1 Å². The van der Waals surface area contributed by atoms with Crippen LogP contribution in [0, 0.1) is 5.92 Å². The van der Waals surface area contributed by atoms with Crippen molar-refractivity contribution >= 4 is 5.97 Å². The van der Waals surface area contributed by atoms with Crippen LogP contribution < -0.4 is 4.74 Å². The van der Waals surface area contributed by atoms with Gasteiger partial charge >= 0.3 is 5.97 Å². The van der Waals surface area contributed by atoms with Crippen molar-refractivity contribution in [2.75, 3.05) is 20.8 Å². The molecule has 154 valence electrons. The Morgan fingerprint density at radius 3 is 2.90 bits per heavy atom. The maximum atomic E-state index is 11.3. The number of rotatable bonds is 9. The van der Waals surface area contributed by atoms with Gasteiger partial charge in [0.2, 0.25) is 0 Å². The highest BCUT2D eigenvalue weighted by molar-refractivity contribution is 5.69. The summed E-state index contributed by atoms with van der Waals surface area (Å²) in [4.78, 5) is 18.1. The molecule has 1 aromatic carbocycles. The van der Waals surface area contributed by atoms with E-state index in [0.717, 1.165) is 38.1 Å². The lowest BCUT2D eigenvalue weighted by molar-refractivity contribution is -0.140. The maximum absolute atomic E-state index is 11.3. The Kier molecular flexibility index (Phi) is 7.82. The van der Waals surface area contributed by atoms with E-state index in [2.05, 4.69) is 46.3 Å². The molecular weight excluding hydrogens is 364 g/mol. The lowest BCUT2D eigenvalue weighted by Gasteiger charge is -2.28. The van der Waals surface area contributed by atoms with Crippen LogP contribution in [0.25, 0.3) is 0 Å². The molecule has 2 heterocycles. The Labute approximate surface area is 173 Å². The first-order chi connectivity index (χ1) is 14.2. The fourth-order valence-corrected chi connectivity index (χ4v) is 4.08. The predicted octanol–water partition coefficient (Wildman–Crippen LogP) is 4.55. The zero-order valence-corrected chi connectivity index (χ0v) is 17.3. The second kappa shape index (κ2) is 10.8. The van der Waals surface area contributed by atoms with E-state index in [1.807, 2.05) is 24.5 Å². The standard InChI is InChI=1S/C24H30N2O3/c1-28-22-11-6-10-21(16-22)24-20(9-4-3-5-12-23(27)29-2)13-15-26(24)18-19-8-7-14-25-17-19/h3-4,6-8,10-11,14,16-17,20,24H,5,9,12-13,15,18H2,1-2H3/t20-,24+/m1/s1. The van der Waals surface area contributed by atoms with E-state index in [4.69, 9.17) is 9.47 Å². The summed E-state index contributed by atoms with van der Waals surface area (Å²) in [6.45, 7) is 1.94. The molecule has 1 aliphatic rings. The molecule has 0 unspecified atom stereocenters. The van der Waals surface area contributed by atoms with E-state index in [9.17, 15) is 4.79 Å². The summed E-state index contributed by atoms with van der Waals surface area (Å²) in [6.07, 6.45) is 11.4. The molecule has 1 saturated heterocycles. The van der Waals surface area contributed by atoms with Crippen molar-refractivity contribution in [3.05, 3.63) is 72.1 Å². The Balaban J connectivity index is 1.72. The average Bonchev–Trinajstić information content (AvgIpc) is 3.16. The van der Waals surface area contributed by atoms with Gasteiger partial charge in [0.05, 0.1) is 14.2 Å². The van der Waals surface area contributed by atoms with Crippen molar-refractivity contribution in [2.45, 2.75) is 38.3 Å². The molecule has 0 aliphatic carbocycles. The third-order valence-electron chi connectivity index (χ3n) is 5.52. The molecule has 0 spiro atoms. The Morgan fingerprint density at radius 1 is 1.24 bits per heavy atom. The number of benzene rings is 1. The summed E-state index contributed by atoms with van der Waals surface area (Å²) in [5.41, 5.74) is 2.52. The Morgan fingerprint density at radius 2 is 2.14 bits per heavy atom. The fraction of sp³-hybridized carbons (Fsp3) is 0.417. The van der Waals surface area contributed by atoms with Crippen molar-refractivity contribution in [1.29, 1.82) is 0 Å². The molecule has 2 aromatic rings. The van der Waals surface area contributed by atoms with Crippen LogP contribution in [-0.2, 0) is 16.1 Å². The van der Waals surface area contributed by atoms with E-state index in [-0.39, 0.29) is 5.97 Å². The van der Waals surface area contributed by atoms with E-state index in [1.54, 1.807) is 7.11 Å². The fourth-order valence-electron chi connectivity index (χ4n) is 4.08. The number of pyridine rings is 1. The van der Waals surface area contributed by atoms with E-state index in [1.165, 1.54) is 18.2 Å². The molecule has 1 fully saturated rings. The van der Waals surface area contributed by atoms with Crippen molar-refractivity contribution in [3.8, 4) is 5.75 Å². The summed E-state index contributed by atoms with van der Waals surface area (Å²) in [6, 6.07) is 12.9. The smallest absolute Gasteiger partial charge is 0.305 e. The molecule has 1 aromatic heterocycles. The van der Waals surface area contributed by atoms with Gasteiger partial charge in [-0.1, -0.05) is 30.4 Å². The van der Waals surface area contributed by atoms with Gasteiger partial charge in [-0.15, -0.1) is 0 Å². The van der Waals surface area contributed by atoms with Crippen molar-refractivity contribution in [1.82, 2.24) is 9.88 Å². The molecule has 0 radical (unpaired) electrons. The number of methoxy groups -OCH3 is 2. The summed E-state index contributed by atoms with van der Waals surface area (Å²) in [7, 11) is 3.14. The molecular formula is C24H30N2O3. The molecule has 3 rings (SSSR count). The Bertz CT molecular complexity index is 807. The molecule has 0 bridgehead atoms. The topological polar surface area (TPSA) is 51.7 Å². The van der Waals surface area contributed by atoms with E-state index >= 15 is 0 Å². The summed E-state index contributed by atoms with van der Waals surface area (Å²) in [5.74, 6) is 1.25. The van der Waals surface area contributed by atoms with Gasteiger partial charge in [0, 0.05) is 31.4 Å². The lowest BCUT2D eigenvalue weighted by atomic mass is 9.90. The number of esters is 1. The Hall–Kier alpha value is -2.66. The van der Waals surface area contributed by atoms with Gasteiger partial charge in [0.25, 0.3) is 0 Å². The zero-order chi connectivity index (χ0) is 20.5. The van der Waals surface area contributed by atoms with E-state index < -0.39 is 0 Å². The van der Waals surface area contributed by atoms with Gasteiger partial charge in [-0.25, -0.2) is 0 Å². The SMILES string of the molecule is COC(=O)CCC=CC[C@@H]1CCN(Cc2cccnc2)[C@@H]1c1cccc(OC)c1. The lowest BCUT2D eigenvalue weighted by Crippen LogP contribution is -2.25. The molecule has 1 aliphatic heterocycles. The number of carbonyl (C=O) groups excluding carboxylic acids is 1. The van der Waals surface area contributed by atoms with Crippen LogP contribution in [0.5, 0.6) is 5.75 Å². The minimum absolute atomic E-state index is 0.160. The normalized spacial score (nSPS) is 19.5. The quantitative estimate of drug-likeness (QED) is 0.461. The van der Waals surface area contributed by atoms with Crippen molar-refractivity contribution in [2.24, 2.45) is 5.92 Å². The van der Waals surface area contributed by atoms with Gasteiger partial charge < -0.3 is 9.47 Å². The number of hydrogen-bond acceptors (Lipinski definition) is 5. The number of aromatic nitrogens is 1. The summed E-state index contributed by atoms with van der Waals surface area (Å²) < 4.78 is 10.2. The second-order valence-corrected chi connectivity index (χ2v) is 7.42. The summed E-state index contributed by atoms with van der Waals surface area (Å²) in [5, 5.41) is 0. The molecule has 0 amide bonds. The number of ether oxygens (including phenoxy) is 2. The monoisotopic (exact) mass is 394 g/mol. The first-order valence-electron chi connectivity index (χ1n) is 10.2. The van der Waals surface area contributed by atoms with Gasteiger partial charge in [0.1, 0.15) is 5.75 Å². The van der Waals surface area contributed by atoms with Crippen LogP contribution in [0.15, 0.2) is 60.9 Å². The third kappa shape index (κ3) is 5.91. The molecule has 0 saturated carbocycles. The third-order valence-corrected chi connectivity index (χ3v) is 5.52.